The number of carbonyl (C=O) groups excluding carboxylic acids is 1. The van der Waals surface area contributed by atoms with E-state index in [1.165, 1.54) is 12.1 Å². The fourth-order valence-corrected chi connectivity index (χ4v) is 2.16. The number of halogens is 1. The van der Waals surface area contributed by atoms with Crippen LogP contribution >= 0.6 is 0 Å². The highest BCUT2D eigenvalue weighted by Gasteiger charge is 2.13. The third kappa shape index (κ3) is 2.43. The molecular formula is C15H11FN4O. The van der Waals surface area contributed by atoms with Gasteiger partial charge in [0.1, 0.15) is 17.8 Å². The summed E-state index contributed by atoms with van der Waals surface area (Å²) in [5, 5.41) is 7.84. The van der Waals surface area contributed by atoms with Crippen LogP contribution in [-0.4, -0.2) is 26.0 Å². The Morgan fingerprint density at radius 1 is 1.19 bits per heavy atom. The van der Waals surface area contributed by atoms with E-state index in [0.29, 0.717) is 23.4 Å². The maximum atomic E-state index is 13.6. The largest absolute Gasteiger partial charge is 0.317 e. The van der Waals surface area contributed by atoms with Gasteiger partial charge in [0, 0.05) is 18.8 Å². The molecule has 0 saturated carbocycles. The van der Waals surface area contributed by atoms with Crippen LogP contribution in [-0.2, 0) is 7.05 Å². The lowest BCUT2D eigenvalue weighted by atomic mass is 9.99. The van der Waals surface area contributed by atoms with Crippen LogP contribution in [0.5, 0.6) is 0 Å². The Morgan fingerprint density at radius 3 is 2.76 bits per heavy atom. The lowest BCUT2D eigenvalue weighted by Gasteiger charge is -2.09. The monoisotopic (exact) mass is 282 g/mol. The minimum atomic E-state index is -0.360. The SMILES string of the molecule is Cn1cnnc1-c1cc(F)ccc1-c1ccnc(C=O)c1. The molecule has 6 heteroatoms. The smallest absolute Gasteiger partial charge is 0.168 e. The summed E-state index contributed by atoms with van der Waals surface area (Å²) < 4.78 is 15.3. The molecule has 0 atom stereocenters. The van der Waals surface area contributed by atoms with Crippen molar-refractivity contribution in [2.75, 3.05) is 0 Å². The number of aromatic nitrogens is 4. The molecule has 0 bridgehead atoms. The molecule has 2 heterocycles. The molecular weight excluding hydrogens is 271 g/mol. The molecule has 1 aromatic carbocycles. The molecule has 0 saturated heterocycles. The molecule has 0 aliphatic heterocycles. The fraction of sp³-hybridized carbons (Fsp3) is 0.0667. The number of benzene rings is 1. The molecule has 0 amide bonds. The maximum Gasteiger partial charge on any atom is 0.168 e. The van der Waals surface area contributed by atoms with Crippen LogP contribution < -0.4 is 0 Å². The number of aldehydes is 1. The molecule has 0 radical (unpaired) electrons. The van der Waals surface area contributed by atoms with E-state index in [2.05, 4.69) is 15.2 Å². The van der Waals surface area contributed by atoms with Gasteiger partial charge in [0.25, 0.3) is 0 Å². The molecule has 5 nitrogen and oxygen atoms in total. The van der Waals surface area contributed by atoms with Gasteiger partial charge < -0.3 is 4.57 Å². The Balaban J connectivity index is 2.23. The number of carbonyl (C=O) groups is 1. The van der Waals surface area contributed by atoms with E-state index in [1.807, 2.05) is 0 Å². The quantitative estimate of drug-likeness (QED) is 0.692. The number of hydrogen-bond acceptors (Lipinski definition) is 4. The highest BCUT2D eigenvalue weighted by atomic mass is 19.1. The summed E-state index contributed by atoms with van der Waals surface area (Å²) in [6.07, 6.45) is 3.77. The van der Waals surface area contributed by atoms with Crippen molar-refractivity contribution in [3.63, 3.8) is 0 Å². The number of nitrogens with zero attached hydrogens (tertiary/aromatic N) is 4. The molecule has 3 aromatic rings. The Kier molecular flexibility index (Phi) is 3.27. The molecule has 3 rings (SSSR count). The molecule has 0 aliphatic carbocycles. The zero-order chi connectivity index (χ0) is 14.8. The molecule has 0 N–H and O–H groups in total. The standard InChI is InChI=1S/C15H11FN4O/c1-20-9-18-19-15(20)14-7-11(16)2-3-13(14)10-4-5-17-12(6-10)8-21/h2-9H,1H3. The van der Waals surface area contributed by atoms with E-state index in [0.717, 1.165) is 11.1 Å². The predicted molar refractivity (Wildman–Crippen MR) is 75.0 cm³/mol. The number of rotatable bonds is 3. The Labute approximate surface area is 120 Å². The lowest BCUT2D eigenvalue weighted by molar-refractivity contribution is 0.111. The summed E-state index contributed by atoms with van der Waals surface area (Å²) in [6.45, 7) is 0. The Morgan fingerprint density at radius 2 is 2.05 bits per heavy atom. The second kappa shape index (κ2) is 5.24. The number of pyridine rings is 1. The van der Waals surface area contributed by atoms with E-state index in [-0.39, 0.29) is 5.82 Å². The average molecular weight is 282 g/mol. The van der Waals surface area contributed by atoms with Gasteiger partial charge in [-0.1, -0.05) is 6.07 Å². The summed E-state index contributed by atoms with van der Waals surface area (Å²) in [7, 11) is 1.79. The summed E-state index contributed by atoms with van der Waals surface area (Å²) in [6, 6.07) is 7.85. The molecule has 2 aromatic heterocycles. The molecule has 104 valence electrons. The first-order chi connectivity index (χ1) is 10.2. The van der Waals surface area contributed by atoms with E-state index >= 15 is 0 Å². The van der Waals surface area contributed by atoms with Crippen LogP contribution in [0.15, 0.2) is 42.9 Å². The van der Waals surface area contributed by atoms with E-state index in [4.69, 9.17) is 0 Å². The average Bonchev–Trinajstić information content (AvgIpc) is 2.93. The molecule has 21 heavy (non-hydrogen) atoms. The van der Waals surface area contributed by atoms with Crippen molar-refractivity contribution < 1.29 is 9.18 Å². The van der Waals surface area contributed by atoms with Gasteiger partial charge in [-0.25, -0.2) is 4.39 Å². The normalized spacial score (nSPS) is 10.6. The predicted octanol–water partition coefficient (Wildman–Crippen LogP) is 2.50. The van der Waals surface area contributed by atoms with E-state index in [1.54, 1.807) is 42.3 Å². The van der Waals surface area contributed by atoms with Gasteiger partial charge in [-0.3, -0.25) is 9.78 Å². The molecule has 0 aliphatic rings. The number of aryl methyl sites for hydroxylation is 1. The first kappa shape index (κ1) is 13.1. The van der Waals surface area contributed by atoms with Crippen molar-refractivity contribution in [1.29, 1.82) is 0 Å². The van der Waals surface area contributed by atoms with Crippen molar-refractivity contribution in [3.8, 4) is 22.5 Å². The van der Waals surface area contributed by atoms with Gasteiger partial charge in [-0.05, 0) is 35.4 Å². The first-order valence-electron chi connectivity index (χ1n) is 6.24. The van der Waals surface area contributed by atoms with Crippen LogP contribution in [0.1, 0.15) is 10.5 Å². The van der Waals surface area contributed by atoms with Gasteiger partial charge in [0.2, 0.25) is 0 Å². The van der Waals surface area contributed by atoms with Gasteiger partial charge in [0.15, 0.2) is 12.1 Å². The van der Waals surface area contributed by atoms with Gasteiger partial charge >= 0.3 is 0 Å². The van der Waals surface area contributed by atoms with Crippen LogP contribution in [0.3, 0.4) is 0 Å². The van der Waals surface area contributed by atoms with Crippen LogP contribution in [0.25, 0.3) is 22.5 Å². The van der Waals surface area contributed by atoms with E-state index in [9.17, 15) is 9.18 Å². The molecule has 0 unspecified atom stereocenters. The van der Waals surface area contributed by atoms with Crippen molar-refractivity contribution in [1.82, 2.24) is 19.7 Å². The summed E-state index contributed by atoms with van der Waals surface area (Å²) in [5.41, 5.74) is 2.46. The minimum Gasteiger partial charge on any atom is -0.317 e. The maximum absolute atomic E-state index is 13.6. The Bertz CT molecular complexity index is 813. The molecule has 0 spiro atoms. The zero-order valence-electron chi connectivity index (χ0n) is 11.2. The fourth-order valence-electron chi connectivity index (χ4n) is 2.16. The van der Waals surface area contributed by atoms with Crippen molar-refractivity contribution in [2.45, 2.75) is 0 Å². The van der Waals surface area contributed by atoms with Gasteiger partial charge in [-0.15, -0.1) is 10.2 Å². The van der Waals surface area contributed by atoms with Crippen LogP contribution in [0.4, 0.5) is 4.39 Å². The highest BCUT2D eigenvalue weighted by Crippen LogP contribution is 2.31. The second-order valence-electron chi connectivity index (χ2n) is 4.54. The third-order valence-electron chi connectivity index (χ3n) is 3.15. The van der Waals surface area contributed by atoms with Crippen molar-refractivity contribution in [3.05, 3.63) is 54.4 Å². The highest BCUT2D eigenvalue weighted by molar-refractivity contribution is 5.83. The zero-order valence-corrected chi connectivity index (χ0v) is 11.2. The minimum absolute atomic E-state index is 0.320. The lowest BCUT2D eigenvalue weighted by Crippen LogP contribution is -1.96. The first-order valence-corrected chi connectivity index (χ1v) is 6.24. The van der Waals surface area contributed by atoms with Gasteiger partial charge in [-0.2, -0.15) is 0 Å². The van der Waals surface area contributed by atoms with Crippen LogP contribution in [0.2, 0.25) is 0 Å². The second-order valence-corrected chi connectivity index (χ2v) is 4.54. The van der Waals surface area contributed by atoms with E-state index < -0.39 is 0 Å². The van der Waals surface area contributed by atoms with Crippen LogP contribution in [0, 0.1) is 5.82 Å². The van der Waals surface area contributed by atoms with Crippen molar-refractivity contribution in [2.24, 2.45) is 7.05 Å². The summed E-state index contributed by atoms with van der Waals surface area (Å²) in [4.78, 5) is 14.8. The summed E-state index contributed by atoms with van der Waals surface area (Å²) in [5.74, 6) is 0.190. The Hall–Kier alpha value is -2.89. The summed E-state index contributed by atoms with van der Waals surface area (Å²) >= 11 is 0. The van der Waals surface area contributed by atoms with Crippen molar-refractivity contribution >= 4 is 6.29 Å². The molecule has 0 fully saturated rings. The third-order valence-corrected chi connectivity index (χ3v) is 3.15. The number of hydrogen-bond donors (Lipinski definition) is 0. The van der Waals surface area contributed by atoms with Gasteiger partial charge in [0.05, 0.1) is 0 Å². The topological polar surface area (TPSA) is 60.7 Å².